The first-order valence-electron chi connectivity index (χ1n) is 4.99. The van der Waals surface area contributed by atoms with Crippen LogP contribution < -0.4 is 4.74 Å². The Hall–Kier alpha value is -1.65. The average Bonchev–Trinajstić information content (AvgIpc) is 2.16. The molecule has 0 N–H and O–H groups in total. The molecule has 0 saturated carbocycles. The van der Waals surface area contributed by atoms with Crippen molar-refractivity contribution < 1.29 is 14.1 Å². The van der Waals surface area contributed by atoms with Crippen LogP contribution in [0.4, 0.5) is 10.1 Å². The highest BCUT2D eigenvalue weighted by atomic mass is 19.1. The summed E-state index contributed by atoms with van der Waals surface area (Å²) in [6.45, 7) is 5.48. The Kier molecular flexibility index (Phi) is 3.47. The molecule has 0 atom stereocenters. The molecule has 0 saturated heterocycles. The number of nitro groups is 1. The van der Waals surface area contributed by atoms with Gasteiger partial charge in [0.25, 0.3) is 0 Å². The van der Waals surface area contributed by atoms with Gasteiger partial charge in [-0.05, 0) is 32.4 Å². The molecular weight excluding hydrogens is 213 g/mol. The second-order valence-electron chi connectivity index (χ2n) is 4.06. The molecular formula is C11H14FNO3. The fourth-order valence-corrected chi connectivity index (χ4v) is 1.12. The molecule has 0 unspecified atom stereocenters. The van der Waals surface area contributed by atoms with Gasteiger partial charge in [0, 0.05) is 0 Å². The molecule has 1 aromatic carbocycles. The Morgan fingerprint density at radius 2 is 2.12 bits per heavy atom. The van der Waals surface area contributed by atoms with Crippen molar-refractivity contribution in [3.63, 3.8) is 0 Å². The number of benzene rings is 1. The highest BCUT2D eigenvalue weighted by Crippen LogP contribution is 2.32. The zero-order chi connectivity index (χ0) is 12.3. The maximum Gasteiger partial charge on any atom is 0.346 e. The molecule has 0 amide bonds. The van der Waals surface area contributed by atoms with Crippen molar-refractivity contribution in [1.82, 2.24) is 0 Å². The van der Waals surface area contributed by atoms with Crippen LogP contribution >= 0.6 is 0 Å². The number of ether oxygens (including phenoxy) is 1. The van der Waals surface area contributed by atoms with E-state index in [0.717, 1.165) is 6.07 Å². The monoisotopic (exact) mass is 227 g/mol. The molecule has 4 nitrogen and oxygen atoms in total. The maximum absolute atomic E-state index is 13.3. The van der Waals surface area contributed by atoms with E-state index in [4.69, 9.17) is 4.74 Å². The fourth-order valence-electron chi connectivity index (χ4n) is 1.12. The van der Waals surface area contributed by atoms with Crippen LogP contribution in [0.25, 0.3) is 0 Å². The molecule has 0 heterocycles. The van der Waals surface area contributed by atoms with Crippen LogP contribution in [0.1, 0.15) is 27.2 Å². The van der Waals surface area contributed by atoms with Crippen molar-refractivity contribution in [3.8, 4) is 5.75 Å². The third-order valence-electron chi connectivity index (χ3n) is 2.37. The normalized spacial score (nSPS) is 11.2. The lowest BCUT2D eigenvalue weighted by molar-refractivity contribution is -0.388. The maximum atomic E-state index is 13.3. The van der Waals surface area contributed by atoms with Gasteiger partial charge in [-0.25, -0.2) is 0 Å². The van der Waals surface area contributed by atoms with Gasteiger partial charge in [-0.3, -0.25) is 10.1 Å². The third-order valence-corrected chi connectivity index (χ3v) is 2.37. The fraction of sp³-hybridized carbons (Fsp3) is 0.455. The molecule has 0 radical (unpaired) electrons. The largest absolute Gasteiger partial charge is 0.481 e. The molecule has 0 aromatic heterocycles. The van der Waals surface area contributed by atoms with Crippen molar-refractivity contribution in [1.29, 1.82) is 0 Å². The minimum Gasteiger partial charge on any atom is -0.481 e. The lowest BCUT2D eigenvalue weighted by Crippen LogP contribution is -2.27. The van der Waals surface area contributed by atoms with Crippen molar-refractivity contribution >= 4 is 5.69 Å². The highest BCUT2D eigenvalue weighted by molar-refractivity contribution is 5.47. The molecule has 0 aliphatic rings. The van der Waals surface area contributed by atoms with Gasteiger partial charge in [-0.1, -0.05) is 13.0 Å². The van der Waals surface area contributed by atoms with E-state index in [-0.39, 0.29) is 5.75 Å². The molecule has 5 heteroatoms. The van der Waals surface area contributed by atoms with Gasteiger partial charge < -0.3 is 4.74 Å². The van der Waals surface area contributed by atoms with Gasteiger partial charge in [0.2, 0.25) is 11.6 Å². The lowest BCUT2D eigenvalue weighted by Gasteiger charge is -2.24. The quantitative estimate of drug-likeness (QED) is 0.585. The van der Waals surface area contributed by atoms with E-state index in [2.05, 4.69) is 0 Å². The van der Waals surface area contributed by atoms with E-state index in [1.165, 1.54) is 12.1 Å². The smallest absolute Gasteiger partial charge is 0.346 e. The average molecular weight is 227 g/mol. The van der Waals surface area contributed by atoms with E-state index in [9.17, 15) is 14.5 Å². The minimum atomic E-state index is -0.880. The van der Waals surface area contributed by atoms with E-state index in [1.807, 2.05) is 6.92 Å². The van der Waals surface area contributed by atoms with Crippen LogP contribution in [0.5, 0.6) is 5.75 Å². The number of para-hydroxylation sites is 1. The number of rotatable bonds is 4. The van der Waals surface area contributed by atoms with E-state index in [0.29, 0.717) is 6.42 Å². The Labute approximate surface area is 93.2 Å². The summed E-state index contributed by atoms with van der Waals surface area (Å²) in [6, 6.07) is 3.84. The summed E-state index contributed by atoms with van der Waals surface area (Å²) < 4.78 is 18.7. The van der Waals surface area contributed by atoms with Crippen LogP contribution in [-0.4, -0.2) is 10.5 Å². The van der Waals surface area contributed by atoms with Crippen molar-refractivity contribution in [2.24, 2.45) is 0 Å². The first kappa shape index (κ1) is 12.4. The summed E-state index contributed by atoms with van der Waals surface area (Å²) in [7, 11) is 0. The van der Waals surface area contributed by atoms with Gasteiger partial charge >= 0.3 is 5.69 Å². The van der Waals surface area contributed by atoms with Gasteiger partial charge in [0.15, 0.2) is 0 Å². The van der Waals surface area contributed by atoms with Crippen LogP contribution in [0.2, 0.25) is 0 Å². The molecule has 0 aliphatic heterocycles. The molecule has 1 rings (SSSR count). The second-order valence-corrected chi connectivity index (χ2v) is 4.06. The van der Waals surface area contributed by atoms with Gasteiger partial charge in [0.05, 0.1) is 4.92 Å². The van der Waals surface area contributed by atoms with E-state index in [1.54, 1.807) is 13.8 Å². The molecule has 16 heavy (non-hydrogen) atoms. The zero-order valence-electron chi connectivity index (χ0n) is 9.49. The second kappa shape index (κ2) is 4.47. The topological polar surface area (TPSA) is 52.4 Å². The first-order valence-corrected chi connectivity index (χ1v) is 4.99. The Morgan fingerprint density at radius 3 is 2.62 bits per heavy atom. The molecule has 0 spiro atoms. The third kappa shape index (κ3) is 2.68. The molecule has 0 bridgehead atoms. The minimum absolute atomic E-state index is 0.0307. The Balaban J connectivity index is 3.14. The summed E-state index contributed by atoms with van der Waals surface area (Å²) in [5.41, 5.74) is -1.16. The van der Waals surface area contributed by atoms with Crippen molar-refractivity contribution in [2.75, 3.05) is 0 Å². The summed E-state index contributed by atoms with van der Waals surface area (Å²) in [5.74, 6) is -0.911. The number of halogens is 1. The molecule has 0 aliphatic carbocycles. The number of hydrogen-bond acceptors (Lipinski definition) is 3. The van der Waals surface area contributed by atoms with Crippen molar-refractivity contribution in [3.05, 3.63) is 34.1 Å². The summed E-state index contributed by atoms with van der Waals surface area (Å²) in [4.78, 5) is 9.93. The van der Waals surface area contributed by atoms with Crippen LogP contribution in [-0.2, 0) is 0 Å². The van der Waals surface area contributed by atoms with E-state index < -0.39 is 22.0 Å². The Bertz CT molecular complexity index is 404. The SMILES string of the molecule is CCC(C)(C)Oc1cccc(F)c1[N+](=O)[O-]. The van der Waals surface area contributed by atoms with Crippen LogP contribution in [0.15, 0.2) is 18.2 Å². The highest BCUT2D eigenvalue weighted by Gasteiger charge is 2.26. The first-order chi connectivity index (χ1) is 7.37. The summed E-state index contributed by atoms with van der Waals surface area (Å²) in [5, 5.41) is 10.7. The predicted molar refractivity (Wildman–Crippen MR) is 58.1 cm³/mol. The molecule has 0 fully saturated rings. The van der Waals surface area contributed by atoms with Crippen LogP contribution in [0.3, 0.4) is 0 Å². The Morgan fingerprint density at radius 1 is 1.50 bits per heavy atom. The summed E-state index contributed by atoms with van der Waals surface area (Å²) in [6.07, 6.45) is 0.667. The predicted octanol–water partition coefficient (Wildman–Crippen LogP) is 3.30. The molecule has 1 aromatic rings. The van der Waals surface area contributed by atoms with Gasteiger partial charge in [-0.15, -0.1) is 0 Å². The standard InChI is InChI=1S/C11H14FNO3/c1-4-11(2,3)16-9-7-5-6-8(12)10(9)13(14)15/h5-7H,4H2,1-3H3. The number of nitro benzene ring substituents is 1. The lowest BCUT2D eigenvalue weighted by atomic mass is 10.1. The van der Waals surface area contributed by atoms with Crippen molar-refractivity contribution in [2.45, 2.75) is 32.8 Å². The van der Waals surface area contributed by atoms with Gasteiger partial charge in [-0.2, -0.15) is 4.39 Å². The van der Waals surface area contributed by atoms with Crippen LogP contribution in [0, 0.1) is 15.9 Å². The number of nitrogens with zero attached hydrogens (tertiary/aromatic N) is 1. The zero-order valence-corrected chi connectivity index (χ0v) is 9.49. The molecule has 88 valence electrons. The number of hydrogen-bond donors (Lipinski definition) is 0. The van der Waals surface area contributed by atoms with E-state index >= 15 is 0 Å². The van der Waals surface area contributed by atoms with Gasteiger partial charge in [0.1, 0.15) is 5.60 Å². The summed E-state index contributed by atoms with van der Waals surface area (Å²) >= 11 is 0.